The molecule has 0 bridgehead atoms. The van der Waals surface area contributed by atoms with E-state index in [0.29, 0.717) is 19.0 Å². The number of nitrogens with two attached hydrogens (primary N) is 1. The molecule has 0 amide bonds. The van der Waals surface area contributed by atoms with Gasteiger partial charge in [0.05, 0.1) is 24.1 Å². The zero-order valence-electron chi connectivity index (χ0n) is 10.3. The topological polar surface area (TPSA) is 71.6 Å². The van der Waals surface area contributed by atoms with E-state index in [0.717, 1.165) is 12.2 Å². The fourth-order valence-electron chi connectivity index (χ4n) is 1.90. The molecule has 1 fully saturated rings. The predicted octanol–water partition coefficient (Wildman–Crippen LogP) is 0.640. The molecular weight excluding hydrogens is 218 g/mol. The van der Waals surface area contributed by atoms with Crippen LogP contribution in [0.2, 0.25) is 0 Å². The molecule has 0 saturated carbocycles. The lowest BCUT2D eigenvalue weighted by Crippen LogP contribution is -2.52. The summed E-state index contributed by atoms with van der Waals surface area (Å²) in [5, 5.41) is 9.96. The van der Waals surface area contributed by atoms with Crippen molar-refractivity contribution >= 4 is 11.5 Å². The summed E-state index contributed by atoms with van der Waals surface area (Å²) in [6.07, 6.45) is 1.57. The minimum atomic E-state index is -0.833. The molecule has 17 heavy (non-hydrogen) atoms. The second-order valence-corrected chi connectivity index (χ2v) is 4.90. The van der Waals surface area contributed by atoms with Crippen LogP contribution in [0.15, 0.2) is 18.3 Å². The summed E-state index contributed by atoms with van der Waals surface area (Å²) in [4.78, 5) is 6.23. The van der Waals surface area contributed by atoms with Gasteiger partial charge >= 0.3 is 0 Å². The van der Waals surface area contributed by atoms with Crippen LogP contribution < -0.4 is 10.6 Å². The van der Waals surface area contributed by atoms with Crippen molar-refractivity contribution < 1.29 is 9.84 Å². The molecule has 1 aliphatic heterocycles. The summed E-state index contributed by atoms with van der Waals surface area (Å²) in [5.74, 6) is 0.515. The number of pyridine rings is 1. The van der Waals surface area contributed by atoms with Crippen LogP contribution in [-0.4, -0.2) is 41.5 Å². The largest absolute Gasteiger partial charge is 0.388 e. The maximum Gasteiger partial charge on any atom is 0.123 e. The first-order valence-electron chi connectivity index (χ1n) is 5.77. The fraction of sp³-hybridized carbons (Fsp3) is 0.583. The van der Waals surface area contributed by atoms with Gasteiger partial charge in [0.1, 0.15) is 11.9 Å². The molecule has 1 saturated heterocycles. The Morgan fingerprint density at radius 2 is 2.29 bits per heavy atom. The van der Waals surface area contributed by atoms with Crippen molar-refractivity contribution in [3.63, 3.8) is 0 Å². The Morgan fingerprint density at radius 3 is 2.88 bits per heavy atom. The predicted molar refractivity (Wildman–Crippen MR) is 66.9 cm³/mol. The van der Waals surface area contributed by atoms with Crippen LogP contribution in [0.5, 0.6) is 0 Å². The molecule has 5 heteroatoms. The van der Waals surface area contributed by atoms with E-state index in [1.165, 1.54) is 0 Å². The maximum atomic E-state index is 9.96. The number of nitrogens with zero attached hydrogens (tertiary/aromatic N) is 2. The number of ether oxygens (including phenoxy) is 1. The number of aliphatic hydroxyl groups is 1. The zero-order chi connectivity index (χ0) is 12.5. The van der Waals surface area contributed by atoms with Crippen LogP contribution >= 0.6 is 0 Å². The standard InChI is InChI=1S/C12H19N3O2/c1-12(2,16)10-8-15(5-6-17-10)9-3-4-11(13)14-7-9/h3-4,7,10,16H,5-6,8H2,1-2H3,(H2,13,14)/t10-/m0/s1. The van der Waals surface area contributed by atoms with E-state index < -0.39 is 5.60 Å². The van der Waals surface area contributed by atoms with E-state index in [1.807, 2.05) is 6.07 Å². The molecule has 1 aromatic rings. The van der Waals surface area contributed by atoms with Gasteiger partial charge in [-0.25, -0.2) is 4.98 Å². The van der Waals surface area contributed by atoms with Crippen LogP contribution in [-0.2, 0) is 4.74 Å². The number of aromatic nitrogens is 1. The van der Waals surface area contributed by atoms with Gasteiger partial charge in [-0.3, -0.25) is 0 Å². The average molecular weight is 237 g/mol. The molecule has 5 nitrogen and oxygen atoms in total. The normalized spacial score (nSPS) is 21.6. The van der Waals surface area contributed by atoms with Gasteiger partial charge in [-0.05, 0) is 26.0 Å². The number of rotatable bonds is 2. The van der Waals surface area contributed by atoms with Gasteiger partial charge in [0, 0.05) is 13.1 Å². The van der Waals surface area contributed by atoms with E-state index in [-0.39, 0.29) is 6.10 Å². The van der Waals surface area contributed by atoms with Gasteiger partial charge in [-0.2, -0.15) is 0 Å². The number of anilines is 2. The molecule has 3 N–H and O–H groups in total. The third-order valence-electron chi connectivity index (χ3n) is 2.99. The van der Waals surface area contributed by atoms with Crippen molar-refractivity contribution in [1.29, 1.82) is 0 Å². The van der Waals surface area contributed by atoms with Crippen molar-refractivity contribution in [2.75, 3.05) is 30.3 Å². The smallest absolute Gasteiger partial charge is 0.123 e. The Labute approximate surface area is 101 Å². The molecule has 0 radical (unpaired) electrons. The highest BCUT2D eigenvalue weighted by atomic mass is 16.5. The van der Waals surface area contributed by atoms with E-state index in [1.54, 1.807) is 26.1 Å². The lowest BCUT2D eigenvalue weighted by Gasteiger charge is -2.39. The zero-order valence-corrected chi connectivity index (χ0v) is 10.3. The minimum absolute atomic E-state index is 0.186. The van der Waals surface area contributed by atoms with Crippen LogP contribution in [0.3, 0.4) is 0 Å². The molecular formula is C12H19N3O2. The SMILES string of the molecule is CC(C)(O)[C@@H]1CN(c2ccc(N)nc2)CCO1. The quantitative estimate of drug-likeness (QED) is 0.790. The van der Waals surface area contributed by atoms with Crippen LogP contribution in [0.25, 0.3) is 0 Å². The first-order chi connectivity index (χ1) is 7.97. The van der Waals surface area contributed by atoms with Gasteiger partial charge in [0.15, 0.2) is 0 Å². The van der Waals surface area contributed by atoms with Crippen molar-refractivity contribution in [3.8, 4) is 0 Å². The van der Waals surface area contributed by atoms with Crippen molar-refractivity contribution in [1.82, 2.24) is 4.98 Å². The molecule has 1 aromatic heterocycles. The van der Waals surface area contributed by atoms with Crippen molar-refractivity contribution in [3.05, 3.63) is 18.3 Å². The Bertz CT molecular complexity index is 372. The summed E-state index contributed by atoms with van der Waals surface area (Å²) in [6.45, 7) is 5.61. The highest BCUT2D eigenvalue weighted by Crippen LogP contribution is 2.22. The van der Waals surface area contributed by atoms with E-state index in [2.05, 4.69) is 9.88 Å². The van der Waals surface area contributed by atoms with E-state index in [9.17, 15) is 5.11 Å². The van der Waals surface area contributed by atoms with Gasteiger partial charge in [-0.1, -0.05) is 0 Å². The van der Waals surface area contributed by atoms with E-state index in [4.69, 9.17) is 10.5 Å². The number of morpholine rings is 1. The van der Waals surface area contributed by atoms with Gasteiger partial charge in [0.25, 0.3) is 0 Å². The second kappa shape index (κ2) is 4.50. The molecule has 0 aromatic carbocycles. The van der Waals surface area contributed by atoms with Crippen LogP contribution in [0.1, 0.15) is 13.8 Å². The average Bonchev–Trinajstić information content (AvgIpc) is 2.29. The summed E-state index contributed by atoms with van der Waals surface area (Å²) < 4.78 is 5.58. The Morgan fingerprint density at radius 1 is 1.53 bits per heavy atom. The lowest BCUT2D eigenvalue weighted by atomic mass is 10.00. The Hall–Kier alpha value is -1.33. The number of nitrogen functional groups attached to an aromatic ring is 1. The van der Waals surface area contributed by atoms with Crippen molar-refractivity contribution in [2.45, 2.75) is 25.6 Å². The summed E-state index contributed by atoms with van der Waals surface area (Å²) >= 11 is 0. The second-order valence-electron chi connectivity index (χ2n) is 4.90. The third kappa shape index (κ3) is 2.87. The van der Waals surface area contributed by atoms with Crippen molar-refractivity contribution in [2.24, 2.45) is 0 Å². The van der Waals surface area contributed by atoms with Gasteiger partial charge in [-0.15, -0.1) is 0 Å². The fourth-order valence-corrected chi connectivity index (χ4v) is 1.90. The molecule has 2 rings (SSSR count). The summed E-state index contributed by atoms with van der Waals surface area (Å²) in [5.41, 5.74) is 5.74. The van der Waals surface area contributed by atoms with Crippen LogP contribution in [0, 0.1) is 0 Å². The molecule has 2 heterocycles. The monoisotopic (exact) mass is 237 g/mol. The molecule has 1 aliphatic rings. The van der Waals surface area contributed by atoms with Gasteiger partial charge < -0.3 is 20.5 Å². The van der Waals surface area contributed by atoms with E-state index >= 15 is 0 Å². The summed E-state index contributed by atoms with van der Waals surface area (Å²) in [7, 11) is 0. The Balaban J connectivity index is 2.09. The highest BCUT2D eigenvalue weighted by Gasteiger charge is 2.32. The molecule has 1 atom stereocenters. The Kier molecular flexibility index (Phi) is 3.22. The maximum absolute atomic E-state index is 9.96. The molecule has 94 valence electrons. The lowest BCUT2D eigenvalue weighted by molar-refractivity contribution is -0.0928. The molecule has 0 spiro atoms. The first-order valence-corrected chi connectivity index (χ1v) is 5.77. The summed E-state index contributed by atoms with van der Waals surface area (Å²) in [6, 6.07) is 3.72. The highest BCUT2D eigenvalue weighted by molar-refractivity contribution is 5.48. The molecule has 0 unspecified atom stereocenters. The number of hydrogen-bond acceptors (Lipinski definition) is 5. The number of hydrogen-bond donors (Lipinski definition) is 2. The van der Waals surface area contributed by atoms with Crippen LogP contribution in [0.4, 0.5) is 11.5 Å². The minimum Gasteiger partial charge on any atom is -0.388 e. The third-order valence-corrected chi connectivity index (χ3v) is 2.99. The first kappa shape index (κ1) is 12.1. The molecule has 0 aliphatic carbocycles. The van der Waals surface area contributed by atoms with Gasteiger partial charge in [0.2, 0.25) is 0 Å².